The summed E-state index contributed by atoms with van der Waals surface area (Å²) in [7, 11) is 0. The van der Waals surface area contributed by atoms with E-state index in [2.05, 4.69) is 5.32 Å². The molecule has 1 aromatic carbocycles. The van der Waals surface area contributed by atoms with Crippen molar-refractivity contribution in [1.29, 1.82) is 0 Å². The van der Waals surface area contributed by atoms with E-state index in [0.717, 1.165) is 3.57 Å². The molecule has 5 nitrogen and oxygen atoms in total. The van der Waals surface area contributed by atoms with Gasteiger partial charge in [-0.25, -0.2) is 18.7 Å². The van der Waals surface area contributed by atoms with Gasteiger partial charge < -0.3 is 10.4 Å². The molecular formula is C18H19ClF3IN2O3. The Balaban J connectivity index is 2.24. The third-order valence-corrected chi connectivity index (χ3v) is 4.76. The summed E-state index contributed by atoms with van der Waals surface area (Å²) in [6.45, 7) is 3.07. The molecule has 10 heteroatoms. The minimum absolute atomic E-state index is 0.0726. The molecule has 0 atom stereocenters. The number of hydroxylamine groups is 1. The van der Waals surface area contributed by atoms with Crippen LogP contribution in [0, 0.1) is 8.99 Å². The average molecular weight is 531 g/mol. The Morgan fingerprint density at radius 2 is 2.11 bits per heavy atom. The van der Waals surface area contributed by atoms with Gasteiger partial charge in [-0.15, -0.1) is 0 Å². The van der Waals surface area contributed by atoms with E-state index in [-0.39, 0.29) is 23.9 Å². The van der Waals surface area contributed by atoms with Crippen molar-refractivity contribution in [2.75, 3.05) is 18.5 Å². The molecule has 0 bridgehead atoms. The first-order valence-electron chi connectivity index (χ1n) is 8.19. The Kier molecular flexibility index (Phi) is 7.40. The average Bonchev–Trinajstić information content (AvgIpc) is 2.58. The molecule has 0 fully saturated rings. The van der Waals surface area contributed by atoms with Crippen LogP contribution >= 0.6 is 34.2 Å². The van der Waals surface area contributed by atoms with Crippen LogP contribution in [0.4, 0.5) is 18.9 Å². The van der Waals surface area contributed by atoms with E-state index in [1.54, 1.807) is 32.0 Å². The molecule has 1 aliphatic rings. The van der Waals surface area contributed by atoms with E-state index in [1.165, 1.54) is 0 Å². The SMILES string of the molecule is CC(C)(CO)CONC(=O)C1=CC(F)(F)CC(F)=C1Nc1ccc(I)cc1Cl. The second-order valence-electron chi connectivity index (χ2n) is 7.07. The van der Waals surface area contributed by atoms with Crippen molar-refractivity contribution in [1.82, 2.24) is 5.48 Å². The molecule has 0 unspecified atom stereocenters. The van der Waals surface area contributed by atoms with Crippen molar-refractivity contribution in [3.8, 4) is 0 Å². The van der Waals surface area contributed by atoms with E-state index in [1.807, 2.05) is 28.1 Å². The van der Waals surface area contributed by atoms with E-state index < -0.39 is 40.8 Å². The summed E-state index contributed by atoms with van der Waals surface area (Å²) in [6.07, 6.45) is -0.790. The van der Waals surface area contributed by atoms with Gasteiger partial charge in [-0.1, -0.05) is 25.4 Å². The molecular weight excluding hydrogens is 512 g/mol. The lowest BCUT2D eigenvalue weighted by atomic mass is 9.97. The number of carbonyl (C=O) groups is 1. The standard InChI is InChI=1S/C18H19ClF3IN2O3/c1-17(2,8-26)9-28-25-16(27)11-6-18(21,22)7-13(20)15(11)24-14-4-3-10(23)5-12(14)19/h3-6,24,26H,7-9H2,1-2H3,(H,25,27). The number of amides is 1. The first-order chi connectivity index (χ1) is 12.9. The summed E-state index contributed by atoms with van der Waals surface area (Å²) in [5.41, 5.74) is 0.606. The number of nitrogens with one attached hydrogen (secondary N) is 2. The van der Waals surface area contributed by atoms with Crippen molar-refractivity contribution in [2.24, 2.45) is 5.41 Å². The fourth-order valence-corrected chi connectivity index (χ4v) is 3.12. The zero-order valence-corrected chi connectivity index (χ0v) is 18.0. The molecule has 28 heavy (non-hydrogen) atoms. The molecule has 1 aromatic rings. The van der Waals surface area contributed by atoms with Gasteiger partial charge in [0.15, 0.2) is 0 Å². The normalized spacial score (nSPS) is 16.6. The van der Waals surface area contributed by atoms with Gasteiger partial charge in [0.2, 0.25) is 0 Å². The zero-order chi connectivity index (χ0) is 21.1. The molecule has 0 aliphatic heterocycles. The number of hydrogen-bond donors (Lipinski definition) is 3. The quantitative estimate of drug-likeness (QED) is 0.357. The number of carbonyl (C=O) groups excluding carboxylic acids is 1. The summed E-state index contributed by atoms with van der Waals surface area (Å²) in [6, 6.07) is 4.84. The van der Waals surface area contributed by atoms with Gasteiger partial charge in [-0.05, 0) is 46.9 Å². The Morgan fingerprint density at radius 3 is 2.71 bits per heavy atom. The Hall–Kier alpha value is -1.30. The molecule has 0 saturated heterocycles. The van der Waals surface area contributed by atoms with E-state index in [4.69, 9.17) is 16.4 Å². The maximum atomic E-state index is 14.4. The first-order valence-corrected chi connectivity index (χ1v) is 9.64. The summed E-state index contributed by atoms with van der Waals surface area (Å²) < 4.78 is 42.9. The third-order valence-electron chi connectivity index (χ3n) is 3.78. The third kappa shape index (κ3) is 6.10. The van der Waals surface area contributed by atoms with Gasteiger partial charge in [-0.2, -0.15) is 0 Å². The lowest BCUT2D eigenvalue weighted by molar-refractivity contribution is -0.132. The zero-order valence-electron chi connectivity index (χ0n) is 15.1. The smallest absolute Gasteiger partial charge is 0.276 e. The van der Waals surface area contributed by atoms with Crippen LogP contribution in [0.25, 0.3) is 0 Å². The first kappa shape index (κ1) is 23.0. The van der Waals surface area contributed by atoms with Gasteiger partial charge in [-0.3, -0.25) is 9.63 Å². The monoisotopic (exact) mass is 530 g/mol. The number of benzene rings is 1. The van der Waals surface area contributed by atoms with Crippen molar-refractivity contribution < 1.29 is 27.9 Å². The molecule has 0 spiro atoms. The number of aliphatic hydroxyl groups excluding tert-OH is 1. The maximum absolute atomic E-state index is 14.4. The highest BCUT2D eigenvalue weighted by atomic mass is 127. The van der Waals surface area contributed by atoms with Gasteiger partial charge in [0.25, 0.3) is 11.8 Å². The molecule has 154 valence electrons. The second kappa shape index (κ2) is 9.02. The fourth-order valence-electron chi connectivity index (χ4n) is 2.21. The molecule has 2 rings (SSSR count). The Labute approximate surface area is 179 Å². The van der Waals surface area contributed by atoms with Crippen LogP contribution in [-0.2, 0) is 9.63 Å². The second-order valence-corrected chi connectivity index (χ2v) is 8.72. The van der Waals surface area contributed by atoms with Gasteiger partial charge in [0, 0.05) is 8.99 Å². The number of alkyl halides is 2. The maximum Gasteiger partial charge on any atom is 0.276 e. The Morgan fingerprint density at radius 1 is 1.43 bits per heavy atom. The van der Waals surface area contributed by atoms with Crippen molar-refractivity contribution >= 4 is 45.8 Å². The molecule has 0 saturated carbocycles. The lowest BCUT2D eigenvalue weighted by Gasteiger charge is -2.25. The van der Waals surface area contributed by atoms with Crippen LogP contribution < -0.4 is 10.8 Å². The summed E-state index contributed by atoms with van der Waals surface area (Å²) in [5, 5.41) is 12.0. The number of hydrogen-bond acceptors (Lipinski definition) is 4. The largest absolute Gasteiger partial charge is 0.396 e. The lowest BCUT2D eigenvalue weighted by Crippen LogP contribution is -2.35. The highest BCUT2D eigenvalue weighted by molar-refractivity contribution is 14.1. The van der Waals surface area contributed by atoms with Gasteiger partial charge in [0.1, 0.15) is 5.83 Å². The van der Waals surface area contributed by atoms with Crippen LogP contribution in [0.15, 0.2) is 41.4 Å². The Bertz CT molecular complexity index is 828. The van der Waals surface area contributed by atoms with Crippen LogP contribution in [0.3, 0.4) is 0 Å². The highest BCUT2D eigenvalue weighted by Gasteiger charge is 2.38. The van der Waals surface area contributed by atoms with Crippen molar-refractivity contribution in [3.63, 3.8) is 0 Å². The molecule has 0 radical (unpaired) electrons. The van der Waals surface area contributed by atoms with E-state index in [9.17, 15) is 23.1 Å². The molecule has 0 aromatic heterocycles. The number of anilines is 1. The minimum Gasteiger partial charge on any atom is -0.396 e. The fraction of sp³-hybridized carbons (Fsp3) is 0.389. The topological polar surface area (TPSA) is 70.6 Å². The molecule has 1 aliphatic carbocycles. The van der Waals surface area contributed by atoms with E-state index in [0.29, 0.717) is 6.08 Å². The number of rotatable bonds is 7. The predicted molar refractivity (Wildman–Crippen MR) is 109 cm³/mol. The van der Waals surface area contributed by atoms with E-state index >= 15 is 0 Å². The molecule has 1 amide bonds. The van der Waals surface area contributed by atoms with Crippen LogP contribution in [0.5, 0.6) is 0 Å². The van der Waals surface area contributed by atoms with Crippen LogP contribution in [0.1, 0.15) is 20.3 Å². The van der Waals surface area contributed by atoms with Crippen LogP contribution in [-0.4, -0.2) is 30.2 Å². The predicted octanol–water partition coefficient (Wildman–Crippen LogP) is 4.57. The van der Waals surface area contributed by atoms with Gasteiger partial charge in [0.05, 0.1) is 41.6 Å². The summed E-state index contributed by atoms with van der Waals surface area (Å²) in [4.78, 5) is 17.4. The van der Waals surface area contributed by atoms with Crippen molar-refractivity contribution in [2.45, 2.75) is 26.2 Å². The minimum atomic E-state index is -3.53. The number of allylic oxidation sites excluding steroid dienone is 2. The number of halogens is 5. The molecule has 3 N–H and O–H groups in total. The summed E-state index contributed by atoms with van der Waals surface area (Å²) >= 11 is 8.13. The highest BCUT2D eigenvalue weighted by Crippen LogP contribution is 2.37. The number of aliphatic hydroxyl groups is 1. The van der Waals surface area contributed by atoms with Gasteiger partial charge >= 0.3 is 0 Å². The summed E-state index contributed by atoms with van der Waals surface area (Å²) in [5.74, 6) is -5.75. The van der Waals surface area contributed by atoms with Crippen LogP contribution in [0.2, 0.25) is 5.02 Å². The molecule has 0 heterocycles. The van der Waals surface area contributed by atoms with Crippen molar-refractivity contribution in [3.05, 3.63) is 50.0 Å².